The summed E-state index contributed by atoms with van der Waals surface area (Å²) in [5, 5.41) is 3.17. The number of carbonyl (C=O) groups excluding carboxylic acids is 1. The Balaban J connectivity index is 1.61. The lowest BCUT2D eigenvalue weighted by molar-refractivity contribution is 0.140. The first-order valence-corrected chi connectivity index (χ1v) is 7.34. The Kier molecular flexibility index (Phi) is 6.45. The number of nitrogens with zero attached hydrogens (tertiary/aromatic N) is 1. The Morgan fingerprint density at radius 2 is 2.05 bits per heavy atom. The largest absolute Gasteiger partial charge is 0.445 e. The van der Waals surface area contributed by atoms with Crippen LogP contribution in [0.15, 0.2) is 54.7 Å². The van der Waals surface area contributed by atoms with Crippen molar-refractivity contribution in [3.63, 3.8) is 0 Å². The third-order valence-electron chi connectivity index (χ3n) is 2.85. The molecule has 1 aromatic heterocycles. The Bertz CT molecular complexity index is 612. The first-order valence-electron chi connectivity index (χ1n) is 6.97. The van der Waals surface area contributed by atoms with E-state index < -0.39 is 6.09 Å². The molecule has 1 aromatic carbocycles. The molecule has 0 bridgehead atoms. The Hall–Kier alpha value is -2.33. The number of benzene rings is 1. The minimum atomic E-state index is -0.412. The number of hydrogen-bond acceptors (Lipinski definition) is 3. The van der Waals surface area contributed by atoms with Gasteiger partial charge in [0.15, 0.2) is 0 Å². The topological polar surface area (TPSA) is 51.2 Å². The van der Waals surface area contributed by atoms with Crippen LogP contribution in [0.5, 0.6) is 0 Å². The van der Waals surface area contributed by atoms with E-state index in [9.17, 15) is 4.79 Å². The zero-order valence-corrected chi connectivity index (χ0v) is 12.8. The second-order valence-corrected chi connectivity index (χ2v) is 4.98. The maximum atomic E-state index is 11.5. The van der Waals surface area contributed by atoms with Gasteiger partial charge in [-0.2, -0.15) is 0 Å². The molecule has 114 valence electrons. The lowest BCUT2D eigenvalue weighted by atomic mass is 10.2. The van der Waals surface area contributed by atoms with Gasteiger partial charge in [0.05, 0.1) is 0 Å². The van der Waals surface area contributed by atoms with Crippen molar-refractivity contribution in [1.29, 1.82) is 0 Å². The van der Waals surface area contributed by atoms with Gasteiger partial charge in [0.1, 0.15) is 11.8 Å². The van der Waals surface area contributed by atoms with Gasteiger partial charge in [-0.3, -0.25) is 0 Å². The highest BCUT2D eigenvalue weighted by atomic mass is 35.5. The molecule has 0 unspecified atom stereocenters. The Morgan fingerprint density at radius 3 is 2.77 bits per heavy atom. The number of carbonyl (C=O) groups is 1. The number of aromatic nitrogens is 1. The quantitative estimate of drug-likeness (QED) is 0.645. The molecule has 2 aromatic rings. The molecule has 1 N–H and O–H groups in total. The molecule has 0 saturated heterocycles. The maximum Gasteiger partial charge on any atom is 0.407 e. The van der Waals surface area contributed by atoms with Crippen LogP contribution in [0.4, 0.5) is 4.79 Å². The van der Waals surface area contributed by atoms with Crippen LogP contribution in [0.1, 0.15) is 17.5 Å². The molecule has 0 aliphatic carbocycles. The third-order valence-corrected chi connectivity index (χ3v) is 3.08. The van der Waals surface area contributed by atoms with Crippen molar-refractivity contribution in [2.75, 3.05) is 6.54 Å². The lowest BCUT2D eigenvalue weighted by Gasteiger charge is -2.05. The molecule has 4 nitrogen and oxygen atoms in total. The van der Waals surface area contributed by atoms with Crippen LogP contribution < -0.4 is 5.32 Å². The van der Waals surface area contributed by atoms with E-state index in [1.807, 2.05) is 48.6 Å². The number of hydrogen-bond donors (Lipinski definition) is 1. The molecule has 1 amide bonds. The van der Waals surface area contributed by atoms with Crippen LogP contribution in [0.2, 0.25) is 5.15 Å². The lowest BCUT2D eigenvalue weighted by Crippen LogP contribution is -2.24. The van der Waals surface area contributed by atoms with Crippen molar-refractivity contribution >= 4 is 23.8 Å². The van der Waals surface area contributed by atoms with Crippen molar-refractivity contribution in [2.24, 2.45) is 0 Å². The summed E-state index contributed by atoms with van der Waals surface area (Å²) in [5.74, 6) is 0. The number of ether oxygens (including phenoxy) is 1. The number of alkyl carbamates (subject to hydrolysis) is 1. The first-order chi connectivity index (χ1) is 10.7. The Labute approximate surface area is 134 Å². The number of amides is 1. The van der Waals surface area contributed by atoms with E-state index in [2.05, 4.69) is 10.3 Å². The van der Waals surface area contributed by atoms with Gasteiger partial charge in [-0.15, -0.1) is 0 Å². The summed E-state index contributed by atoms with van der Waals surface area (Å²) < 4.78 is 5.11. The fraction of sp³-hybridized carbons (Fsp3) is 0.176. The van der Waals surface area contributed by atoms with E-state index in [0.717, 1.165) is 11.1 Å². The van der Waals surface area contributed by atoms with Crippen LogP contribution in [0.25, 0.3) is 6.08 Å². The molecular weight excluding hydrogens is 300 g/mol. The van der Waals surface area contributed by atoms with Gasteiger partial charge in [-0.25, -0.2) is 9.78 Å². The van der Waals surface area contributed by atoms with Crippen LogP contribution in [-0.2, 0) is 11.3 Å². The van der Waals surface area contributed by atoms with Crippen molar-refractivity contribution in [1.82, 2.24) is 10.3 Å². The minimum Gasteiger partial charge on any atom is -0.445 e. The van der Waals surface area contributed by atoms with E-state index in [1.165, 1.54) is 0 Å². The van der Waals surface area contributed by atoms with Gasteiger partial charge in [0.25, 0.3) is 0 Å². The fourth-order valence-electron chi connectivity index (χ4n) is 1.74. The van der Waals surface area contributed by atoms with Crippen molar-refractivity contribution in [3.8, 4) is 0 Å². The molecule has 0 aliphatic heterocycles. The molecular formula is C17H17ClN2O2. The first kappa shape index (κ1) is 16.0. The molecule has 0 saturated carbocycles. The molecule has 5 heteroatoms. The number of nitrogens with one attached hydrogen (secondary N) is 1. The second-order valence-electron chi connectivity index (χ2n) is 4.59. The average molecular weight is 317 g/mol. The van der Waals surface area contributed by atoms with Crippen molar-refractivity contribution < 1.29 is 9.53 Å². The van der Waals surface area contributed by atoms with Gasteiger partial charge in [0.2, 0.25) is 0 Å². The standard InChI is InChI=1S/C17H17ClN2O2/c18-16-10-9-14(12-20-16)6-4-5-11-19-17(21)22-13-15-7-2-1-3-8-15/h1-4,6-10,12H,5,11,13H2,(H,19,21). The smallest absolute Gasteiger partial charge is 0.407 e. The third kappa shape index (κ3) is 5.97. The highest BCUT2D eigenvalue weighted by Crippen LogP contribution is 2.06. The molecule has 0 atom stereocenters. The number of pyridine rings is 1. The highest BCUT2D eigenvalue weighted by molar-refractivity contribution is 6.29. The molecule has 0 fully saturated rings. The normalized spacial score (nSPS) is 10.6. The van der Waals surface area contributed by atoms with E-state index in [0.29, 0.717) is 18.1 Å². The summed E-state index contributed by atoms with van der Waals surface area (Å²) in [6, 6.07) is 13.2. The predicted molar refractivity (Wildman–Crippen MR) is 87.5 cm³/mol. The van der Waals surface area contributed by atoms with E-state index in [1.54, 1.807) is 12.3 Å². The van der Waals surface area contributed by atoms with Crippen LogP contribution in [0.3, 0.4) is 0 Å². The molecule has 0 radical (unpaired) electrons. The monoisotopic (exact) mass is 316 g/mol. The van der Waals surface area contributed by atoms with Crippen LogP contribution >= 0.6 is 11.6 Å². The fourth-order valence-corrected chi connectivity index (χ4v) is 1.85. The summed E-state index contributed by atoms with van der Waals surface area (Å²) >= 11 is 5.71. The second kappa shape index (κ2) is 8.85. The predicted octanol–water partition coefficient (Wildman–Crippen LogP) is 4.06. The summed E-state index contributed by atoms with van der Waals surface area (Å²) in [5.41, 5.74) is 1.93. The van der Waals surface area contributed by atoms with Gasteiger partial charge in [0, 0.05) is 12.7 Å². The minimum absolute atomic E-state index is 0.277. The number of halogens is 1. The summed E-state index contributed by atoms with van der Waals surface area (Å²) in [7, 11) is 0. The van der Waals surface area contributed by atoms with Crippen LogP contribution in [-0.4, -0.2) is 17.6 Å². The highest BCUT2D eigenvalue weighted by Gasteiger charge is 2.00. The zero-order valence-electron chi connectivity index (χ0n) is 12.0. The molecule has 0 spiro atoms. The molecule has 1 heterocycles. The maximum absolute atomic E-state index is 11.5. The van der Waals surface area contributed by atoms with Gasteiger partial charge in [-0.1, -0.05) is 60.2 Å². The van der Waals surface area contributed by atoms with Crippen LogP contribution in [0, 0.1) is 0 Å². The van der Waals surface area contributed by atoms with E-state index >= 15 is 0 Å². The van der Waals surface area contributed by atoms with E-state index in [4.69, 9.17) is 16.3 Å². The average Bonchev–Trinajstić information content (AvgIpc) is 2.55. The molecule has 2 rings (SSSR count). The van der Waals surface area contributed by atoms with Gasteiger partial charge >= 0.3 is 6.09 Å². The molecule has 0 aliphatic rings. The Morgan fingerprint density at radius 1 is 1.23 bits per heavy atom. The van der Waals surface area contributed by atoms with Crippen molar-refractivity contribution in [3.05, 3.63) is 71.0 Å². The van der Waals surface area contributed by atoms with Gasteiger partial charge < -0.3 is 10.1 Å². The van der Waals surface area contributed by atoms with E-state index in [-0.39, 0.29) is 6.61 Å². The van der Waals surface area contributed by atoms with Gasteiger partial charge in [-0.05, 0) is 23.6 Å². The summed E-state index contributed by atoms with van der Waals surface area (Å²) in [4.78, 5) is 15.5. The zero-order chi connectivity index (χ0) is 15.6. The summed E-state index contributed by atoms with van der Waals surface area (Å²) in [6.07, 6.45) is 5.89. The molecule has 22 heavy (non-hydrogen) atoms. The van der Waals surface area contributed by atoms with Crippen molar-refractivity contribution in [2.45, 2.75) is 13.0 Å². The SMILES string of the molecule is O=C(NCCC=Cc1ccc(Cl)nc1)OCc1ccccc1. The summed E-state index contributed by atoms with van der Waals surface area (Å²) in [6.45, 7) is 0.796. The number of rotatable bonds is 6.